The van der Waals surface area contributed by atoms with Gasteiger partial charge in [0.05, 0.1) is 17.6 Å². The number of hydrogen-bond acceptors (Lipinski definition) is 1. The summed E-state index contributed by atoms with van der Waals surface area (Å²) in [5.41, 5.74) is 11.7. The van der Waals surface area contributed by atoms with Gasteiger partial charge in [0.25, 0.3) is 0 Å². The van der Waals surface area contributed by atoms with Crippen LogP contribution in [-0.4, -0.2) is 7.11 Å². The van der Waals surface area contributed by atoms with Gasteiger partial charge in [0.1, 0.15) is 7.05 Å². The van der Waals surface area contributed by atoms with Crippen LogP contribution < -0.4 is 4.57 Å². The molecule has 2 heteroatoms. The summed E-state index contributed by atoms with van der Waals surface area (Å²) in [6.07, 6.45) is 2.18. The van der Waals surface area contributed by atoms with Gasteiger partial charge in [-0.15, -0.1) is 0 Å². The van der Waals surface area contributed by atoms with Gasteiger partial charge >= 0.3 is 0 Å². The van der Waals surface area contributed by atoms with Crippen LogP contribution in [0.1, 0.15) is 36.5 Å². The number of pyridine rings is 1. The molecule has 2 nitrogen and oxygen atoms in total. The third-order valence-electron chi connectivity index (χ3n) is 6.36. The first-order valence-corrected chi connectivity index (χ1v) is 10.7. The molecule has 0 radical (unpaired) electrons. The molecule has 0 amide bonds. The molecule has 1 aliphatic carbocycles. The Balaban J connectivity index is 2.03. The van der Waals surface area contributed by atoms with Gasteiger partial charge in [0, 0.05) is 13.2 Å². The Labute approximate surface area is 178 Å². The first-order chi connectivity index (χ1) is 14.5. The molecule has 0 N–H and O–H groups in total. The molecular weight excluding hydrogens is 366 g/mol. The topological polar surface area (TPSA) is 13.1 Å². The summed E-state index contributed by atoms with van der Waals surface area (Å²) in [6, 6.07) is 20.5. The zero-order valence-corrected chi connectivity index (χ0v) is 18.4. The van der Waals surface area contributed by atoms with Gasteiger partial charge in [-0.1, -0.05) is 62.4 Å². The number of rotatable bonds is 3. The van der Waals surface area contributed by atoms with Crippen molar-refractivity contribution in [3.05, 3.63) is 77.5 Å². The first kappa shape index (κ1) is 19.0. The van der Waals surface area contributed by atoms with Crippen molar-refractivity contribution in [3.8, 4) is 33.5 Å². The van der Waals surface area contributed by atoms with Crippen molar-refractivity contribution >= 4 is 10.8 Å². The summed E-state index contributed by atoms with van der Waals surface area (Å²) >= 11 is 0. The molecule has 0 unspecified atom stereocenters. The fourth-order valence-corrected chi connectivity index (χ4v) is 4.93. The minimum Gasteiger partial charge on any atom is -0.380 e. The Morgan fingerprint density at radius 3 is 2.50 bits per heavy atom. The largest absolute Gasteiger partial charge is 0.380 e. The summed E-state index contributed by atoms with van der Waals surface area (Å²) in [6.45, 7) is 7.32. The maximum Gasteiger partial charge on any atom is 0.221 e. The van der Waals surface area contributed by atoms with Crippen molar-refractivity contribution in [2.45, 2.75) is 33.3 Å². The average molecular weight is 395 g/mol. The minimum absolute atomic E-state index is 0.486. The van der Waals surface area contributed by atoms with E-state index in [1.165, 1.54) is 61.0 Å². The van der Waals surface area contributed by atoms with Gasteiger partial charge in [-0.25, -0.2) is 4.57 Å². The number of nitrogens with zero attached hydrogens (tertiary/aromatic N) is 1. The Bertz CT molecular complexity index is 1300. The third kappa shape index (κ3) is 2.79. The van der Waals surface area contributed by atoms with E-state index in [1.54, 1.807) is 7.11 Å². The molecule has 1 heterocycles. The van der Waals surface area contributed by atoms with Gasteiger partial charge in [-0.2, -0.15) is 0 Å². The van der Waals surface area contributed by atoms with Crippen LogP contribution in [0.15, 0.2) is 60.8 Å². The highest BCUT2D eigenvalue weighted by Crippen LogP contribution is 2.48. The summed E-state index contributed by atoms with van der Waals surface area (Å²) < 4.78 is 7.89. The quantitative estimate of drug-likeness (QED) is 0.316. The summed E-state index contributed by atoms with van der Waals surface area (Å²) in [4.78, 5) is 0. The molecule has 3 aromatic carbocycles. The molecule has 0 saturated heterocycles. The number of methoxy groups -OCH3 is 1. The number of benzene rings is 3. The molecule has 0 fully saturated rings. The van der Waals surface area contributed by atoms with E-state index < -0.39 is 0 Å². The molecule has 0 bridgehead atoms. The summed E-state index contributed by atoms with van der Waals surface area (Å²) in [5, 5.41) is 2.61. The molecule has 0 atom stereocenters. The van der Waals surface area contributed by atoms with Crippen molar-refractivity contribution in [1.29, 1.82) is 0 Å². The monoisotopic (exact) mass is 394 g/mol. The standard InChI is InChI=1S/C28H28NO/c1-17(2)19-9-10-22-24(15-19)23-8-6-7-21(16-30-5)27(23)28-26-20(11-12-29(28)4)13-18(3)14-25(22)26/h6-15,17H,16H2,1-5H3/q+1. The van der Waals surface area contributed by atoms with Gasteiger partial charge in [0.15, 0.2) is 6.20 Å². The Morgan fingerprint density at radius 1 is 0.900 bits per heavy atom. The van der Waals surface area contributed by atoms with Gasteiger partial charge in [0.2, 0.25) is 5.69 Å². The van der Waals surface area contributed by atoms with Crippen molar-refractivity contribution in [1.82, 2.24) is 0 Å². The van der Waals surface area contributed by atoms with Crippen LogP contribution in [-0.2, 0) is 18.4 Å². The third-order valence-corrected chi connectivity index (χ3v) is 6.36. The van der Waals surface area contributed by atoms with Crippen LogP contribution in [0, 0.1) is 6.92 Å². The van der Waals surface area contributed by atoms with Crippen molar-refractivity contribution < 1.29 is 9.30 Å². The molecule has 1 aromatic heterocycles. The maximum absolute atomic E-state index is 5.62. The molecule has 0 saturated carbocycles. The van der Waals surface area contributed by atoms with Crippen molar-refractivity contribution in [3.63, 3.8) is 0 Å². The summed E-state index contributed by atoms with van der Waals surface area (Å²) in [7, 11) is 3.93. The zero-order valence-electron chi connectivity index (χ0n) is 18.4. The molecule has 150 valence electrons. The Hall–Kier alpha value is -2.97. The number of aryl methyl sites for hydroxylation is 2. The van der Waals surface area contributed by atoms with Gasteiger partial charge in [-0.05, 0) is 57.2 Å². The second-order valence-corrected chi connectivity index (χ2v) is 8.78. The fourth-order valence-electron chi connectivity index (χ4n) is 4.93. The van der Waals surface area contributed by atoms with Crippen LogP contribution >= 0.6 is 0 Å². The lowest BCUT2D eigenvalue weighted by atomic mass is 9.88. The van der Waals surface area contributed by atoms with Crippen LogP contribution in [0.2, 0.25) is 0 Å². The lowest BCUT2D eigenvalue weighted by molar-refractivity contribution is -0.659. The fraction of sp³-hybridized carbons (Fsp3) is 0.250. The lowest BCUT2D eigenvalue weighted by Crippen LogP contribution is -2.31. The number of hydrogen-bond donors (Lipinski definition) is 0. The molecule has 30 heavy (non-hydrogen) atoms. The van der Waals surface area contributed by atoms with E-state index in [1.807, 2.05) is 0 Å². The predicted octanol–water partition coefficient (Wildman–Crippen LogP) is 6.56. The van der Waals surface area contributed by atoms with E-state index in [2.05, 4.69) is 93.2 Å². The molecule has 0 aliphatic heterocycles. The first-order valence-electron chi connectivity index (χ1n) is 10.7. The maximum atomic E-state index is 5.62. The van der Waals surface area contributed by atoms with Gasteiger partial charge in [-0.3, -0.25) is 0 Å². The second-order valence-electron chi connectivity index (χ2n) is 8.78. The van der Waals surface area contributed by atoms with E-state index >= 15 is 0 Å². The summed E-state index contributed by atoms with van der Waals surface area (Å²) in [5.74, 6) is 0.486. The molecular formula is C28H28NO+. The van der Waals surface area contributed by atoms with E-state index in [4.69, 9.17) is 4.74 Å². The Kier molecular flexibility index (Phi) is 4.48. The molecule has 0 spiro atoms. The van der Waals surface area contributed by atoms with Gasteiger partial charge < -0.3 is 4.74 Å². The molecule has 5 rings (SSSR count). The Morgan fingerprint density at radius 2 is 1.73 bits per heavy atom. The van der Waals surface area contributed by atoms with Crippen molar-refractivity contribution in [2.75, 3.05) is 7.11 Å². The second kappa shape index (κ2) is 7.07. The zero-order chi connectivity index (χ0) is 21.0. The van der Waals surface area contributed by atoms with E-state index in [0.29, 0.717) is 12.5 Å². The van der Waals surface area contributed by atoms with Crippen LogP contribution in [0.4, 0.5) is 0 Å². The molecule has 4 aromatic rings. The SMILES string of the molecule is COCc1cccc2c1-c1c3c(cc(C)cc3cc[n+]1C)-c1ccc(C(C)C)cc1-2. The normalized spacial score (nSPS) is 12.1. The van der Waals surface area contributed by atoms with Crippen LogP contribution in [0.3, 0.4) is 0 Å². The van der Waals surface area contributed by atoms with Crippen LogP contribution in [0.25, 0.3) is 44.3 Å². The van der Waals surface area contributed by atoms with E-state index in [-0.39, 0.29) is 0 Å². The van der Waals surface area contributed by atoms with E-state index in [9.17, 15) is 0 Å². The molecule has 1 aliphatic rings. The lowest BCUT2D eigenvalue weighted by Gasteiger charge is -2.15. The minimum atomic E-state index is 0.486. The number of ether oxygens (including phenoxy) is 1. The van der Waals surface area contributed by atoms with E-state index in [0.717, 1.165) is 0 Å². The number of fused-ring (bicyclic) bond motifs is 5. The van der Waals surface area contributed by atoms with Crippen molar-refractivity contribution in [2.24, 2.45) is 7.05 Å². The smallest absolute Gasteiger partial charge is 0.221 e. The average Bonchev–Trinajstić information content (AvgIpc) is 2.85. The number of aromatic nitrogens is 1. The van der Waals surface area contributed by atoms with Crippen LogP contribution in [0.5, 0.6) is 0 Å². The highest BCUT2D eigenvalue weighted by molar-refractivity contribution is 6.12. The predicted molar refractivity (Wildman–Crippen MR) is 125 cm³/mol. The highest BCUT2D eigenvalue weighted by Gasteiger charge is 2.29. The highest BCUT2D eigenvalue weighted by atomic mass is 16.5.